The summed E-state index contributed by atoms with van der Waals surface area (Å²) in [6.07, 6.45) is -4.21. The molecule has 0 atom stereocenters. The van der Waals surface area contributed by atoms with Gasteiger partial charge in [-0.2, -0.15) is 13.2 Å². The Balaban J connectivity index is 2.15. The third kappa shape index (κ3) is 3.63. The fourth-order valence-corrected chi connectivity index (χ4v) is 1.44. The number of carboxylic acid groups (broad SMARTS) is 1. The van der Waals surface area contributed by atoms with Gasteiger partial charge in [0.25, 0.3) is 0 Å². The van der Waals surface area contributed by atoms with Crippen LogP contribution in [-0.4, -0.2) is 41.8 Å². The molecule has 0 aromatic rings. The van der Waals surface area contributed by atoms with Gasteiger partial charge in [0.15, 0.2) is 0 Å². The van der Waals surface area contributed by atoms with Gasteiger partial charge in [-0.15, -0.1) is 0 Å². The smallest absolute Gasteiger partial charge is 0.401 e. The van der Waals surface area contributed by atoms with Crippen molar-refractivity contribution in [3.63, 3.8) is 0 Å². The molecule has 1 rings (SSSR count). The summed E-state index contributed by atoms with van der Waals surface area (Å²) in [5.74, 6) is -1.06. The van der Waals surface area contributed by atoms with Gasteiger partial charge in [0, 0.05) is 13.1 Å². The Morgan fingerprint density at radius 3 is 2.38 bits per heavy atom. The van der Waals surface area contributed by atoms with Crippen LogP contribution in [0.1, 0.15) is 6.42 Å². The highest BCUT2D eigenvalue weighted by atomic mass is 19.4. The molecule has 6 heteroatoms. The van der Waals surface area contributed by atoms with Crippen molar-refractivity contribution in [3.8, 4) is 0 Å². The van der Waals surface area contributed by atoms with E-state index >= 15 is 0 Å². The number of carboxylic acids is 1. The van der Waals surface area contributed by atoms with E-state index in [1.807, 2.05) is 0 Å². The van der Waals surface area contributed by atoms with Crippen LogP contribution in [0.2, 0.25) is 0 Å². The van der Waals surface area contributed by atoms with Crippen LogP contribution in [0, 0.1) is 5.92 Å². The van der Waals surface area contributed by atoms with Crippen molar-refractivity contribution in [2.45, 2.75) is 12.6 Å². The summed E-state index contributed by atoms with van der Waals surface area (Å²) >= 11 is 0. The van der Waals surface area contributed by atoms with Gasteiger partial charge in [-0.25, -0.2) is 0 Å². The van der Waals surface area contributed by atoms with Crippen LogP contribution in [0.5, 0.6) is 0 Å². The van der Waals surface area contributed by atoms with E-state index < -0.39 is 18.7 Å². The Morgan fingerprint density at radius 1 is 1.46 bits per heavy atom. The fourth-order valence-electron chi connectivity index (χ4n) is 1.44. The summed E-state index contributed by atoms with van der Waals surface area (Å²) in [6.45, 7) is -0.444. The molecule has 13 heavy (non-hydrogen) atoms. The first-order chi connectivity index (χ1) is 5.87. The van der Waals surface area contributed by atoms with E-state index in [0.717, 1.165) is 0 Å². The molecule has 0 bridgehead atoms. The molecule has 1 N–H and O–H groups in total. The van der Waals surface area contributed by atoms with Crippen molar-refractivity contribution in [1.82, 2.24) is 4.90 Å². The van der Waals surface area contributed by atoms with Gasteiger partial charge in [0.2, 0.25) is 0 Å². The number of alkyl halides is 3. The van der Waals surface area contributed by atoms with E-state index in [0.29, 0.717) is 0 Å². The lowest BCUT2D eigenvalue weighted by molar-refractivity contribution is -0.160. The third-order valence-electron chi connectivity index (χ3n) is 1.90. The second kappa shape index (κ2) is 3.53. The van der Waals surface area contributed by atoms with Gasteiger partial charge < -0.3 is 5.11 Å². The number of hydrogen-bond acceptors (Lipinski definition) is 2. The molecular formula is C7H10F3NO2. The average molecular weight is 197 g/mol. The summed E-state index contributed by atoms with van der Waals surface area (Å²) in [5.41, 5.74) is 0. The van der Waals surface area contributed by atoms with Gasteiger partial charge >= 0.3 is 12.1 Å². The zero-order valence-corrected chi connectivity index (χ0v) is 6.84. The highest BCUT2D eigenvalue weighted by molar-refractivity contribution is 5.67. The molecule has 0 spiro atoms. The van der Waals surface area contributed by atoms with Crippen molar-refractivity contribution in [3.05, 3.63) is 0 Å². The lowest BCUT2D eigenvalue weighted by Gasteiger charge is -2.38. The van der Waals surface area contributed by atoms with Gasteiger partial charge in [-0.05, 0) is 5.92 Å². The Hall–Kier alpha value is -0.780. The third-order valence-corrected chi connectivity index (χ3v) is 1.90. The minimum Gasteiger partial charge on any atom is -0.481 e. The summed E-state index contributed by atoms with van der Waals surface area (Å²) in [7, 11) is 0. The largest absolute Gasteiger partial charge is 0.481 e. The zero-order valence-electron chi connectivity index (χ0n) is 6.84. The minimum absolute atomic E-state index is 0.0334. The average Bonchev–Trinajstić information content (AvgIpc) is 1.78. The molecule has 76 valence electrons. The summed E-state index contributed by atoms with van der Waals surface area (Å²) in [5, 5.41) is 8.33. The Kier molecular flexibility index (Phi) is 2.80. The Morgan fingerprint density at radius 2 is 2.00 bits per heavy atom. The number of nitrogens with zero attached hydrogens (tertiary/aromatic N) is 1. The van der Waals surface area contributed by atoms with Gasteiger partial charge in [0.05, 0.1) is 13.0 Å². The van der Waals surface area contributed by atoms with Crippen molar-refractivity contribution >= 4 is 5.97 Å². The lowest BCUT2D eigenvalue weighted by atomic mass is 9.96. The van der Waals surface area contributed by atoms with Crippen LogP contribution in [0.25, 0.3) is 0 Å². The predicted molar refractivity (Wildman–Crippen MR) is 38.2 cm³/mol. The van der Waals surface area contributed by atoms with Gasteiger partial charge in [0.1, 0.15) is 0 Å². The second-order valence-corrected chi connectivity index (χ2v) is 3.27. The fraction of sp³-hybridized carbons (Fsp3) is 0.857. The molecule has 0 aromatic carbocycles. The van der Waals surface area contributed by atoms with Crippen LogP contribution in [0.3, 0.4) is 0 Å². The number of carbonyl (C=O) groups is 1. The maximum Gasteiger partial charge on any atom is 0.401 e. The maximum absolute atomic E-state index is 11.8. The van der Waals surface area contributed by atoms with E-state index in [1.54, 1.807) is 0 Å². The molecule has 0 saturated carbocycles. The summed E-state index contributed by atoms with van der Waals surface area (Å²) < 4.78 is 35.3. The molecule has 0 aliphatic carbocycles. The SMILES string of the molecule is O=C(O)CC1CN(CC(F)(F)F)C1. The highest BCUT2D eigenvalue weighted by Crippen LogP contribution is 2.24. The summed E-state index contributed by atoms with van der Waals surface area (Å²) in [4.78, 5) is 11.4. The van der Waals surface area contributed by atoms with Crippen molar-refractivity contribution < 1.29 is 23.1 Å². The first kappa shape index (κ1) is 10.3. The number of hydrogen-bond donors (Lipinski definition) is 1. The minimum atomic E-state index is -4.17. The molecule has 1 aliphatic heterocycles. The molecular weight excluding hydrogens is 187 g/mol. The van der Waals surface area contributed by atoms with Crippen LogP contribution >= 0.6 is 0 Å². The van der Waals surface area contributed by atoms with Gasteiger partial charge in [-0.1, -0.05) is 0 Å². The number of aliphatic carboxylic acids is 1. The predicted octanol–water partition coefficient (Wildman–Crippen LogP) is 0.955. The zero-order chi connectivity index (χ0) is 10.1. The topological polar surface area (TPSA) is 40.5 Å². The van der Waals surface area contributed by atoms with E-state index in [-0.39, 0.29) is 25.4 Å². The van der Waals surface area contributed by atoms with Gasteiger partial charge in [-0.3, -0.25) is 9.69 Å². The maximum atomic E-state index is 11.8. The highest BCUT2D eigenvalue weighted by Gasteiger charge is 2.37. The molecule has 0 aromatic heterocycles. The normalized spacial score (nSPS) is 19.9. The molecule has 1 saturated heterocycles. The van der Waals surface area contributed by atoms with Crippen LogP contribution in [-0.2, 0) is 4.79 Å². The second-order valence-electron chi connectivity index (χ2n) is 3.27. The van der Waals surface area contributed by atoms with E-state index in [1.165, 1.54) is 4.90 Å². The van der Waals surface area contributed by atoms with E-state index in [2.05, 4.69) is 0 Å². The van der Waals surface area contributed by atoms with Crippen LogP contribution < -0.4 is 0 Å². The molecule has 1 heterocycles. The first-order valence-electron chi connectivity index (χ1n) is 3.88. The van der Waals surface area contributed by atoms with Crippen molar-refractivity contribution in [2.75, 3.05) is 19.6 Å². The monoisotopic (exact) mass is 197 g/mol. The molecule has 0 radical (unpaired) electrons. The lowest BCUT2D eigenvalue weighted by Crippen LogP contribution is -2.50. The number of rotatable bonds is 3. The van der Waals surface area contributed by atoms with E-state index in [4.69, 9.17) is 5.11 Å². The molecule has 0 amide bonds. The van der Waals surface area contributed by atoms with Crippen LogP contribution in [0.4, 0.5) is 13.2 Å². The molecule has 1 fully saturated rings. The van der Waals surface area contributed by atoms with Crippen molar-refractivity contribution in [1.29, 1.82) is 0 Å². The number of likely N-dealkylation sites (tertiary alicyclic amines) is 1. The van der Waals surface area contributed by atoms with Crippen molar-refractivity contribution in [2.24, 2.45) is 5.92 Å². The van der Waals surface area contributed by atoms with E-state index in [9.17, 15) is 18.0 Å². The Bertz CT molecular complexity index is 198. The molecule has 3 nitrogen and oxygen atoms in total. The summed E-state index contributed by atoms with van der Waals surface area (Å²) in [6, 6.07) is 0. The number of halogens is 3. The molecule has 0 unspecified atom stereocenters. The standard InChI is InChI=1S/C7H10F3NO2/c8-7(9,10)4-11-2-5(3-11)1-6(12)13/h5H,1-4H2,(H,12,13). The Labute approximate surface area is 73.1 Å². The molecule has 1 aliphatic rings. The first-order valence-corrected chi connectivity index (χ1v) is 3.88. The quantitative estimate of drug-likeness (QED) is 0.732. The van der Waals surface area contributed by atoms with Crippen LogP contribution in [0.15, 0.2) is 0 Å².